The van der Waals surface area contributed by atoms with Crippen molar-refractivity contribution >= 4 is 11.9 Å². The molecule has 0 aromatic heterocycles. The molecule has 2 fully saturated rings. The van der Waals surface area contributed by atoms with Crippen molar-refractivity contribution in [3.8, 4) is 0 Å². The predicted molar refractivity (Wildman–Crippen MR) is 270 cm³/mol. The highest BCUT2D eigenvalue weighted by atomic mass is 16.7. The van der Waals surface area contributed by atoms with Gasteiger partial charge in [0.1, 0.15) is 55.4 Å². The Morgan fingerprint density at radius 3 is 1.36 bits per heavy atom. The first-order valence-corrected chi connectivity index (χ1v) is 25.5. The van der Waals surface area contributed by atoms with Gasteiger partial charge in [-0.3, -0.25) is 9.59 Å². The van der Waals surface area contributed by atoms with Crippen molar-refractivity contribution in [1.82, 2.24) is 0 Å². The normalized spacial score (nSPS) is 26.3. The Hall–Kier alpha value is -3.84. The fraction of sp³-hybridized carbons (Fsp3) is 0.636. The van der Waals surface area contributed by atoms with Crippen LogP contribution in [0.2, 0.25) is 0 Å². The Kier molecular flexibility index (Phi) is 36.2. The van der Waals surface area contributed by atoms with E-state index >= 15 is 0 Å². The second-order valence-corrected chi connectivity index (χ2v) is 17.3. The average molecular weight is 987 g/mol. The standard InChI is InChI=1S/C55H86O15/c1-3-5-7-9-11-13-15-17-19-21-23-25-27-29-31-33-35-37-46(57)65-40-43(68-47(58)38-36-34-32-30-28-26-24-22-20-18-16-14-12-10-8-6-4-2)41-66-54-53(64)51(62)49(60)45(70-54)42-67-55-52(63)50(61)48(59)44(39-56)69-55/h6,8,11-14,17-20,23-26,29-32,43-45,48-56,59-64H,3-5,7,9-10,15-16,21-22,27-28,33-42H2,1-2H3/b8-6+,13-11+,14-12+,19-17+,20-18+,25-23+,26-24+,31-29+,32-30+/t43-,44+,45+,48-,49-,50?,51?,52?,53?,54+,55+/m0/s1. The summed E-state index contributed by atoms with van der Waals surface area (Å²) in [4.78, 5) is 25.7. The number of unbranched alkanes of at least 4 members (excludes halogenated alkanes) is 5. The Bertz CT molecular complexity index is 1630. The Morgan fingerprint density at radius 2 is 0.886 bits per heavy atom. The summed E-state index contributed by atoms with van der Waals surface area (Å²) in [7, 11) is 0. The molecule has 15 heteroatoms. The molecule has 0 radical (unpaired) electrons. The zero-order chi connectivity index (χ0) is 51.0. The second kappa shape index (κ2) is 40.7. The number of carbonyl (C=O) groups excluding carboxylic acids is 2. The van der Waals surface area contributed by atoms with Crippen LogP contribution in [0.3, 0.4) is 0 Å². The van der Waals surface area contributed by atoms with Crippen LogP contribution in [0.4, 0.5) is 0 Å². The molecule has 70 heavy (non-hydrogen) atoms. The van der Waals surface area contributed by atoms with E-state index in [9.17, 15) is 45.3 Å². The summed E-state index contributed by atoms with van der Waals surface area (Å²) < 4.78 is 33.4. The van der Waals surface area contributed by atoms with Gasteiger partial charge in [0, 0.05) is 12.8 Å². The number of hydrogen-bond donors (Lipinski definition) is 7. The number of aliphatic hydroxyl groups excluding tert-OH is 7. The average Bonchev–Trinajstić information content (AvgIpc) is 3.35. The number of rotatable bonds is 37. The van der Waals surface area contributed by atoms with Gasteiger partial charge in [0.2, 0.25) is 0 Å². The van der Waals surface area contributed by atoms with E-state index in [0.29, 0.717) is 25.7 Å². The Balaban J connectivity index is 1.87. The summed E-state index contributed by atoms with van der Waals surface area (Å²) >= 11 is 0. The molecule has 2 heterocycles. The van der Waals surface area contributed by atoms with Crippen molar-refractivity contribution in [2.24, 2.45) is 0 Å². The summed E-state index contributed by atoms with van der Waals surface area (Å²) in [5, 5.41) is 72.1. The van der Waals surface area contributed by atoms with Crippen LogP contribution in [0.5, 0.6) is 0 Å². The number of esters is 2. The summed E-state index contributed by atoms with van der Waals surface area (Å²) in [6, 6.07) is 0. The molecular weight excluding hydrogens is 901 g/mol. The first kappa shape index (κ1) is 62.3. The number of carbonyl (C=O) groups is 2. The van der Waals surface area contributed by atoms with Crippen LogP contribution in [0.15, 0.2) is 109 Å². The number of ether oxygens (including phenoxy) is 6. The van der Waals surface area contributed by atoms with E-state index in [2.05, 4.69) is 98.9 Å². The van der Waals surface area contributed by atoms with Gasteiger partial charge in [0.05, 0.1) is 19.8 Å². The topological polar surface area (TPSA) is 231 Å². The maximum atomic E-state index is 13.0. The van der Waals surface area contributed by atoms with Gasteiger partial charge in [0.25, 0.3) is 0 Å². The van der Waals surface area contributed by atoms with E-state index in [4.69, 9.17) is 28.4 Å². The van der Waals surface area contributed by atoms with Gasteiger partial charge in [-0.1, -0.05) is 136 Å². The van der Waals surface area contributed by atoms with Crippen molar-refractivity contribution in [2.45, 2.75) is 197 Å². The highest BCUT2D eigenvalue weighted by Gasteiger charge is 2.47. The molecule has 4 unspecified atom stereocenters. The van der Waals surface area contributed by atoms with Gasteiger partial charge in [0.15, 0.2) is 18.7 Å². The fourth-order valence-electron chi connectivity index (χ4n) is 7.07. The second-order valence-electron chi connectivity index (χ2n) is 17.3. The Morgan fingerprint density at radius 1 is 0.471 bits per heavy atom. The van der Waals surface area contributed by atoms with Crippen LogP contribution in [0.25, 0.3) is 0 Å². The van der Waals surface area contributed by atoms with Crippen molar-refractivity contribution in [1.29, 1.82) is 0 Å². The number of aliphatic hydroxyl groups is 7. The minimum Gasteiger partial charge on any atom is -0.462 e. The molecule has 396 valence electrons. The third kappa shape index (κ3) is 28.3. The molecule has 11 atom stereocenters. The molecule has 0 bridgehead atoms. The summed E-state index contributed by atoms with van der Waals surface area (Å²) in [6.45, 7) is 2.30. The largest absolute Gasteiger partial charge is 0.462 e. The van der Waals surface area contributed by atoms with Crippen molar-refractivity contribution < 1.29 is 73.8 Å². The zero-order valence-electron chi connectivity index (χ0n) is 41.7. The Labute approximate surface area is 417 Å². The molecule has 7 N–H and O–H groups in total. The first-order valence-electron chi connectivity index (χ1n) is 25.5. The van der Waals surface area contributed by atoms with Gasteiger partial charge in [-0.2, -0.15) is 0 Å². The maximum Gasteiger partial charge on any atom is 0.306 e. The van der Waals surface area contributed by atoms with Crippen LogP contribution in [-0.4, -0.2) is 142 Å². The molecule has 15 nitrogen and oxygen atoms in total. The lowest BCUT2D eigenvalue weighted by atomic mass is 9.98. The van der Waals surface area contributed by atoms with Crippen molar-refractivity contribution in [3.63, 3.8) is 0 Å². The number of allylic oxidation sites excluding steroid dienone is 18. The van der Waals surface area contributed by atoms with E-state index in [1.165, 1.54) is 19.3 Å². The SMILES string of the molecule is CC/C=C/C/C=C/C/C=C/C/C=C/C/C=C/CCCC(=O)O[C@@H](COC(=O)CCC/C=C/C/C=C/C/C=C/C/C=C/CCCCC)CO[C@@H]1O[C@H](CO[C@@H]2O[C@H](CO)[C@H](O)C(O)C2O)[C@H](O)C(O)C1O. The van der Waals surface area contributed by atoms with Crippen LogP contribution < -0.4 is 0 Å². The van der Waals surface area contributed by atoms with Crippen LogP contribution in [0.1, 0.15) is 129 Å². The molecule has 2 aliphatic rings. The van der Waals surface area contributed by atoms with Crippen LogP contribution in [0, 0.1) is 0 Å². The van der Waals surface area contributed by atoms with Gasteiger partial charge < -0.3 is 64.2 Å². The maximum absolute atomic E-state index is 13.0. The molecule has 0 aromatic rings. The highest BCUT2D eigenvalue weighted by Crippen LogP contribution is 2.26. The van der Waals surface area contributed by atoms with E-state index in [0.717, 1.165) is 57.8 Å². The van der Waals surface area contributed by atoms with Crippen LogP contribution in [-0.2, 0) is 38.0 Å². The van der Waals surface area contributed by atoms with E-state index in [1.807, 2.05) is 24.3 Å². The van der Waals surface area contributed by atoms with E-state index in [1.54, 1.807) is 0 Å². The summed E-state index contributed by atoms with van der Waals surface area (Å²) in [6.07, 6.45) is 35.6. The highest BCUT2D eigenvalue weighted by molar-refractivity contribution is 5.70. The zero-order valence-corrected chi connectivity index (χ0v) is 41.7. The smallest absolute Gasteiger partial charge is 0.306 e. The van der Waals surface area contributed by atoms with Crippen LogP contribution >= 0.6 is 0 Å². The molecule has 2 rings (SSSR count). The molecule has 0 aliphatic carbocycles. The molecular formula is C55H86O15. The lowest BCUT2D eigenvalue weighted by Gasteiger charge is -2.42. The molecule has 0 saturated carbocycles. The molecule has 0 amide bonds. The van der Waals surface area contributed by atoms with E-state index in [-0.39, 0.29) is 19.4 Å². The molecule has 2 aliphatic heterocycles. The minimum absolute atomic E-state index is 0.0681. The number of hydrogen-bond acceptors (Lipinski definition) is 15. The van der Waals surface area contributed by atoms with Gasteiger partial charge in [-0.25, -0.2) is 0 Å². The van der Waals surface area contributed by atoms with Crippen molar-refractivity contribution in [2.75, 3.05) is 26.4 Å². The fourth-order valence-corrected chi connectivity index (χ4v) is 7.07. The lowest BCUT2D eigenvalue weighted by molar-refractivity contribution is -0.332. The first-order chi connectivity index (χ1) is 34.0. The van der Waals surface area contributed by atoms with Gasteiger partial charge in [-0.05, 0) is 89.9 Å². The third-order valence-electron chi connectivity index (χ3n) is 11.2. The molecule has 2 saturated heterocycles. The lowest BCUT2D eigenvalue weighted by Crippen LogP contribution is -2.61. The quantitative estimate of drug-likeness (QED) is 0.0186. The van der Waals surface area contributed by atoms with E-state index < -0.39 is 99.3 Å². The van der Waals surface area contributed by atoms with Gasteiger partial charge >= 0.3 is 11.9 Å². The summed E-state index contributed by atoms with van der Waals surface area (Å²) in [5.41, 5.74) is 0. The van der Waals surface area contributed by atoms with Crippen molar-refractivity contribution in [3.05, 3.63) is 109 Å². The third-order valence-corrected chi connectivity index (χ3v) is 11.2. The molecule has 0 aromatic carbocycles. The monoisotopic (exact) mass is 987 g/mol. The van der Waals surface area contributed by atoms with Gasteiger partial charge in [-0.15, -0.1) is 0 Å². The molecule has 0 spiro atoms. The predicted octanol–water partition coefficient (Wildman–Crippen LogP) is 7.15. The summed E-state index contributed by atoms with van der Waals surface area (Å²) in [5.74, 6) is -1.07. The minimum atomic E-state index is -1.79.